The number of aliphatic hydroxyl groups excluding tert-OH is 1. The summed E-state index contributed by atoms with van der Waals surface area (Å²) in [6.07, 6.45) is 3.70. The van der Waals surface area contributed by atoms with Crippen LogP contribution in [0.5, 0.6) is 0 Å². The molecule has 0 aliphatic carbocycles. The van der Waals surface area contributed by atoms with Gasteiger partial charge in [0.15, 0.2) is 11.3 Å². The number of ether oxygens (including phenoxy) is 1. The van der Waals surface area contributed by atoms with E-state index < -0.39 is 0 Å². The van der Waals surface area contributed by atoms with E-state index in [0.717, 1.165) is 43.6 Å². The fourth-order valence-electron chi connectivity index (χ4n) is 3.24. The Bertz CT molecular complexity index is 760. The average Bonchev–Trinajstić information content (AvgIpc) is 2.98. The van der Waals surface area contributed by atoms with Crippen molar-refractivity contribution in [1.82, 2.24) is 20.1 Å². The zero-order chi connectivity index (χ0) is 18.7. The molecule has 1 unspecified atom stereocenters. The lowest BCUT2D eigenvalue weighted by Crippen LogP contribution is -2.46. The molecular formula is C19H28N4O3. The van der Waals surface area contributed by atoms with E-state index in [1.807, 2.05) is 37.6 Å². The van der Waals surface area contributed by atoms with Crippen molar-refractivity contribution < 1.29 is 14.6 Å². The Labute approximate surface area is 153 Å². The first kappa shape index (κ1) is 18.8. The molecular weight excluding hydrogens is 332 g/mol. The molecule has 0 radical (unpaired) electrons. The first-order valence-corrected chi connectivity index (χ1v) is 9.21. The van der Waals surface area contributed by atoms with E-state index in [1.165, 1.54) is 0 Å². The van der Waals surface area contributed by atoms with Gasteiger partial charge in [0.05, 0.1) is 18.0 Å². The Morgan fingerprint density at radius 2 is 2.15 bits per heavy atom. The maximum absolute atomic E-state index is 12.8. The van der Waals surface area contributed by atoms with E-state index in [2.05, 4.69) is 15.4 Å². The van der Waals surface area contributed by atoms with Gasteiger partial charge in [0.25, 0.3) is 5.91 Å². The van der Waals surface area contributed by atoms with E-state index >= 15 is 0 Å². The summed E-state index contributed by atoms with van der Waals surface area (Å²) in [4.78, 5) is 17.3. The Balaban J connectivity index is 1.87. The maximum atomic E-state index is 12.8. The predicted molar refractivity (Wildman–Crippen MR) is 98.9 cm³/mol. The molecule has 3 heterocycles. The molecule has 1 fully saturated rings. The predicted octanol–water partition coefficient (Wildman–Crippen LogP) is 1.99. The number of aliphatic hydroxyl groups is 1. The summed E-state index contributed by atoms with van der Waals surface area (Å²) in [5.74, 6) is 0.201. The van der Waals surface area contributed by atoms with Crippen LogP contribution in [0.15, 0.2) is 18.3 Å². The second-order valence-corrected chi connectivity index (χ2v) is 8.04. The lowest BCUT2D eigenvalue weighted by molar-refractivity contribution is 0.0603. The van der Waals surface area contributed by atoms with Gasteiger partial charge in [-0.3, -0.25) is 4.79 Å². The van der Waals surface area contributed by atoms with Crippen LogP contribution in [0, 0.1) is 11.3 Å². The normalized spacial score (nSPS) is 17.4. The standard InChI is InChI=1S/C19H28N4O3/c1-19(2,3)15(12-24)21-18(25)16-14-5-4-8-20-17(14)23(22-16)11-13-6-9-26-10-7-13/h4-5,8,13,15,24H,6-7,9-12H2,1-3H3,(H,21,25). The van der Waals surface area contributed by atoms with Gasteiger partial charge in [-0.2, -0.15) is 5.10 Å². The number of carbonyl (C=O) groups excluding carboxylic acids is 1. The Morgan fingerprint density at radius 3 is 2.81 bits per heavy atom. The van der Waals surface area contributed by atoms with Crippen LogP contribution in [-0.4, -0.2) is 51.6 Å². The number of aromatic nitrogens is 3. The van der Waals surface area contributed by atoms with Crippen molar-refractivity contribution in [3.63, 3.8) is 0 Å². The molecule has 2 aromatic heterocycles. The highest BCUT2D eigenvalue weighted by Crippen LogP contribution is 2.23. The summed E-state index contributed by atoms with van der Waals surface area (Å²) in [6, 6.07) is 3.34. The molecule has 2 N–H and O–H groups in total. The summed E-state index contributed by atoms with van der Waals surface area (Å²) < 4.78 is 7.26. The summed E-state index contributed by atoms with van der Waals surface area (Å²) in [6.45, 7) is 8.11. The van der Waals surface area contributed by atoms with E-state index in [9.17, 15) is 9.90 Å². The highest BCUT2D eigenvalue weighted by Gasteiger charge is 2.28. The minimum absolute atomic E-state index is 0.117. The van der Waals surface area contributed by atoms with E-state index in [1.54, 1.807) is 6.20 Å². The molecule has 0 spiro atoms. The number of nitrogens with one attached hydrogen (secondary N) is 1. The Hall–Kier alpha value is -1.99. The minimum atomic E-state index is -0.345. The molecule has 1 saturated heterocycles. The molecule has 7 nitrogen and oxygen atoms in total. The first-order valence-electron chi connectivity index (χ1n) is 9.21. The van der Waals surface area contributed by atoms with Crippen LogP contribution < -0.4 is 5.32 Å². The lowest BCUT2D eigenvalue weighted by Gasteiger charge is -2.29. The number of rotatable bonds is 5. The van der Waals surface area contributed by atoms with Gasteiger partial charge in [-0.05, 0) is 36.3 Å². The van der Waals surface area contributed by atoms with Gasteiger partial charge >= 0.3 is 0 Å². The van der Waals surface area contributed by atoms with Crippen LogP contribution in [0.25, 0.3) is 11.0 Å². The van der Waals surface area contributed by atoms with E-state index in [0.29, 0.717) is 11.6 Å². The van der Waals surface area contributed by atoms with E-state index in [4.69, 9.17) is 4.74 Å². The third-order valence-electron chi connectivity index (χ3n) is 5.03. The van der Waals surface area contributed by atoms with Crippen molar-refractivity contribution >= 4 is 16.9 Å². The van der Waals surface area contributed by atoms with Gasteiger partial charge < -0.3 is 15.2 Å². The second-order valence-electron chi connectivity index (χ2n) is 8.04. The minimum Gasteiger partial charge on any atom is -0.394 e. The topological polar surface area (TPSA) is 89.3 Å². The number of hydrogen-bond acceptors (Lipinski definition) is 5. The molecule has 1 amide bonds. The number of nitrogens with zero attached hydrogens (tertiary/aromatic N) is 3. The molecule has 7 heteroatoms. The van der Waals surface area contributed by atoms with Crippen LogP contribution in [0.1, 0.15) is 44.1 Å². The fraction of sp³-hybridized carbons (Fsp3) is 0.632. The van der Waals surface area contributed by atoms with Crippen molar-refractivity contribution in [2.24, 2.45) is 11.3 Å². The SMILES string of the molecule is CC(C)(C)C(CO)NC(=O)c1nn(CC2CCOCC2)c2ncccc12. The third kappa shape index (κ3) is 4.04. The van der Waals surface area contributed by atoms with Gasteiger partial charge in [-0.1, -0.05) is 20.8 Å². The zero-order valence-electron chi connectivity index (χ0n) is 15.7. The van der Waals surface area contributed by atoms with Crippen LogP contribution in [-0.2, 0) is 11.3 Å². The molecule has 26 heavy (non-hydrogen) atoms. The fourth-order valence-corrected chi connectivity index (χ4v) is 3.24. The molecule has 1 aliphatic heterocycles. The van der Waals surface area contributed by atoms with Crippen molar-refractivity contribution in [1.29, 1.82) is 0 Å². The number of pyridine rings is 1. The molecule has 2 aromatic rings. The summed E-state index contributed by atoms with van der Waals surface area (Å²) in [7, 11) is 0. The van der Waals surface area contributed by atoms with Gasteiger partial charge in [-0.25, -0.2) is 9.67 Å². The summed E-state index contributed by atoms with van der Waals surface area (Å²) >= 11 is 0. The number of amides is 1. The molecule has 0 bridgehead atoms. The highest BCUT2D eigenvalue weighted by molar-refractivity contribution is 6.04. The van der Waals surface area contributed by atoms with Gasteiger partial charge in [-0.15, -0.1) is 0 Å². The molecule has 0 saturated carbocycles. The number of hydrogen-bond donors (Lipinski definition) is 2. The Morgan fingerprint density at radius 1 is 1.42 bits per heavy atom. The second kappa shape index (κ2) is 7.72. The monoisotopic (exact) mass is 360 g/mol. The molecule has 3 rings (SSSR count). The lowest BCUT2D eigenvalue weighted by atomic mass is 9.87. The van der Waals surface area contributed by atoms with Crippen molar-refractivity contribution in [2.45, 2.75) is 46.2 Å². The van der Waals surface area contributed by atoms with Crippen LogP contribution in [0.3, 0.4) is 0 Å². The third-order valence-corrected chi connectivity index (χ3v) is 5.03. The van der Waals surface area contributed by atoms with Crippen LogP contribution in [0.4, 0.5) is 0 Å². The quantitative estimate of drug-likeness (QED) is 0.851. The van der Waals surface area contributed by atoms with Gasteiger partial charge in [0, 0.05) is 26.0 Å². The van der Waals surface area contributed by atoms with Crippen molar-refractivity contribution in [2.75, 3.05) is 19.8 Å². The molecule has 0 aromatic carbocycles. The summed E-state index contributed by atoms with van der Waals surface area (Å²) in [5, 5.41) is 17.9. The largest absolute Gasteiger partial charge is 0.394 e. The molecule has 1 atom stereocenters. The van der Waals surface area contributed by atoms with Gasteiger partial charge in [0.2, 0.25) is 0 Å². The first-order chi connectivity index (χ1) is 12.4. The van der Waals surface area contributed by atoms with Crippen molar-refractivity contribution in [3.8, 4) is 0 Å². The zero-order valence-corrected chi connectivity index (χ0v) is 15.7. The molecule has 142 valence electrons. The van der Waals surface area contributed by atoms with Gasteiger partial charge in [0.1, 0.15) is 0 Å². The Kier molecular flexibility index (Phi) is 5.58. The van der Waals surface area contributed by atoms with Crippen LogP contribution in [0.2, 0.25) is 0 Å². The summed E-state index contributed by atoms with van der Waals surface area (Å²) in [5.41, 5.74) is 0.839. The van der Waals surface area contributed by atoms with E-state index in [-0.39, 0.29) is 24.0 Å². The van der Waals surface area contributed by atoms with Crippen molar-refractivity contribution in [3.05, 3.63) is 24.0 Å². The smallest absolute Gasteiger partial charge is 0.272 e. The number of fused-ring (bicyclic) bond motifs is 1. The number of carbonyl (C=O) groups is 1. The average molecular weight is 360 g/mol. The highest BCUT2D eigenvalue weighted by atomic mass is 16.5. The maximum Gasteiger partial charge on any atom is 0.272 e. The molecule has 1 aliphatic rings. The van der Waals surface area contributed by atoms with Crippen LogP contribution >= 0.6 is 0 Å².